The van der Waals surface area contributed by atoms with Gasteiger partial charge in [-0.3, -0.25) is 14.3 Å². The Bertz CT molecular complexity index is 1300. The van der Waals surface area contributed by atoms with Crippen molar-refractivity contribution in [2.75, 3.05) is 6.54 Å². The number of hydrogen-bond donors (Lipinski definition) is 1. The second-order valence-electron chi connectivity index (χ2n) is 7.51. The summed E-state index contributed by atoms with van der Waals surface area (Å²) in [7, 11) is 1.66. The van der Waals surface area contributed by atoms with Crippen LogP contribution < -0.4 is 15.7 Å². The highest BCUT2D eigenvalue weighted by molar-refractivity contribution is 5.89. The molecule has 2 aromatic carbocycles. The Morgan fingerprint density at radius 1 is 1.00 bits per heavy atom. The number of carbonyl (C=O) groups is 1. The third kappa shape index (κ3) is 3.45. The van der Waals surface area contributed by atoms with E-state index in [1.54, 1.807) is 25.4 Å². The van der Waals surface area contributed by atoms with Crippen molar-refractivity contribution in [1.82, 2.24) is 24.6 Å². The quantitative estimate of drug-likeness (QED) is 0.529. The summed E-state index contributed by atoms with van der Waals surface area (Å²) in [6.07, 6.45) is 1.66. The summed E-state index contributed by atoms with van der Waals surface area (Å²) in [4.78, 5) is 30.0. The van der Waals surface area contributed by atoms with Crippen LogP contribution in [0, 0.1) is 0 Å². The zero-order valence-corrected chi connectivity index (χ0v) is 17.4. The Morgan fingerprint density at radius 3 is 2.31 bits per heavy atom. The molecular weight excluding hydrogens is 406 g/mol. The van der Waals surface area contributed by atoms with Gasteiger partial charge in [-0.15, -0.1) is 5.10 Å². The van der Waals surface area contributed by atoms with Crippen LogP contribution in [-0.4, -0.2) is 31.8 Å². The van der Waals surface area contributed by atoms with E-state index in [9.17, 15) is 9.59 Å². The molecule has 0 bridgehead atoms. The van der Waals surface area contributed by atoms with Gasteiger partial charge in [0.1, 0.15) is 17.2 Å². The molecule has 4 aromatic rings. The summed E-state index contributed by atoms with van der Waals surface area (Å²) >= 11 is 0. The standard InChI is InChI=1S/C24H21N5O3/c1-28-22(18-10-6-7-13-25-18)27-29(24(28)31)15-14-26-23(30)21-16-8-2-4-11-19(16)32-20-12-5-3-9-17(20)21/h2-13,21H,14-15H2,1H3,(H,26,30). The number of ether oxygens (including phenoxy) is 1. The minimum absolute atomic E-state index is 0.151. The van der Waals surface area contributed by atoms with Gasteiger partial charge in [0.15, 0.2) is 5.82 Å². The molecule has 0 saturated carbocycles. The first kappa shape index (κ1) is 19.7. The average Bonchev–Trinajstić information content (AvgIpc) is 3.11. The molecule has 0 radical (unpaired) electrons. The molecule has 8 nitrogen and oxygen atoms in total. The van der Waals surface area contributed by atoms with Crippen LogP contribution in [0.25, 0.3) is 11.5 Å². The van der Waals surface area contributed by atoms with E-state index < -0.39 is 5.92 Å². The molecule has 160 valence electrons. The first-order valence-corrected chi connectivity index (χ1v) is 10.3. The van der Waals surface area contributed by atoms with Crippen LogP contribution >= 0.6 is 0 Å². The number of carbonyl (C=O) groups excluding carboxylic acids is 1. The number of aromatic nitrogens is 4. The number of rotatable bonds is 5. The highest BCUT2D eigenvalue weighted by Crippen LogP contribution is 2.43. The molecule has 0 saturated heterocycles. The highest BCUT2D eigenvalue weighted by Gasteiger charge is 2.32. The van der Waals surface area contributed by atoms with Crippen molar-refractivity contribution in [2.24, 2.45) is 7.05 Å². The maximum Gasteiger partial charge on any atom is 0.346 e. The van der Waals surface area contributed by atoms with Crippen LogP contribution in [0.15, 0.2) is 77.7 Å². The van der Waals surface area contributed by atoms with Gasteiger partial charge >= 0.3 is 5.69 Å². The van der Waals surface area contributed by atoms with E-state index in [1.807, 2.05) is 54.6 Å². The van der Waals surface area contributed by atoms with E-state index in [-0.39, 0.29) is 24.7 Å². The van der Waals surface area contributed by atoms with E-state index in [0.717, 1.165) is 11.1 Å². The minimum atomic E-state index is -0.485. The molecule has 1 aliphatic heterocycles. The van der Waals surface area contributed by atoms with E-state index >= 15 is 0 Å². The van der Waals surface area contributed by atoms with Gasteiger partial charge in [-0.2, -0.15) is 0 Å². The van der Waals surface area contributed by atoms with Crippen molar-refractivity contribution in [3.63, 3.8) is 0 Å². The molecule has 8 heteroatoms. The van der Waals surface area contributed by atoms with Crippen LogP contribution in [-0.2, 0) is 18.4 Å². The summed E-state index contributed by atoms with van der Waals surface area (Å²) in [6.45, 7) is 0.511. The van der Waals surface area contributed by atoms with Crippen molar-refractivity contribution in [2.45, 2.75) is 12.5 Å². The third-order valence-electron chi connectivity index (χ3n) is 5.50. The molecule has 32 heavy (non-hydrogen) atoms. The summed E-state index contributed by atoms with van der Waals surface area (Å²) in [5.41, 5.74) is 1.99. The molecule has 1 aliphatic rings. The lowest BCUT2D eigenvalue weighted by molar-refractivity contribution is -0.121. The first-order chi connectivity index (χ1) is 15.6. The van der Waals surface area contributed by atoms with Crippen LogP contribution in [0.2, 0.25) is 0 Å². The number of nitrogens with one attached hydrogen (secondary N) is 1. The van der Waals surface area contributed by atoms with Gasteiger partial charge in [-0.05, 0) is 24.3 Å². The summed E-state index contributed by atoms with van der Waals surface area (Å²) < 4.78 is 8.76. The predicted molar refractivity (Wildman–Crippen MR) is 119 cm³/mol. The molecule has 0 spiro atoms. The molecular formula is C24H21N5O3. The highest BCUT2D eigenvalue weighted by atomic mass is 16.5. The second-order valence-corrected chi connectivity index (χ2v) is 7.51. The fraction of sp³-hybridized carbons (Fsp3) is 0.167. The van der Waals surface area contributed by atoms with Crippen LogP contribution in [0.4, 0.5) is 0 Å². The van der Waals surface area contributed by atoms with Crippen LogP contribution in [0.1, 0.15) is 17.0 Å². The number of nitrogens with zero attached hydrogens (tertiary/aromatic N) is 4. The van der Waals surface area contributed by atoms with Crippen molar-refractivity contribution in [3.05, 3.63) is 94.5 Å². The zero-order valence-electron chi connectivity index (χ0n) is 17.4. The Hall–Kier alpha value is -4.20. The number of benzene rings is 2. The second kappa shape index (κ2) is 8.14. The maximum absolute atomic E-state index is 13.2. The van der Waals surface area contributed by atoms with Crippen molar-refractivity contribution in [3.8, 4) is 23.0 Å². The Kier molecular flexibility index (Phi) is 5.03. The molecule has 5 rings (SSSR count). The Morgan fingerprint density at radius 2 is 1.66 bits per heavy atom. The summed E-state index contributed by atoms with van der Waals surface area (Å²) in [5, 5.41) is 7.35. The minimum Gasteiger partial charge on any atom is -0.457 e. The number of amides is 1. The Balaban J connectivity index is 1.34. The molecule has 1 N–H and O–H groups in total. The number of hydrogen-bond acceptors (Lipinski definition) is 5. The maximum atomic E-state index is 13.2. The predicted octanol–water partition coefficient (Wildman–Crippen LogP) is 2.70. The number of pyridine rings is 1. The van der Waals surface area contributed by atoms with Gasteiger partial charge in [-0.1, -0.05) is 42.5 Å². The van der Waals surface area contributed by atoms with Gasteiger partial charge in [0.2, 0.25) is 5.91 Å². The molecule has 0 unspecified atom stereocenters. The monoisotopic (exact) mass is 427 g/mol. The third-order valence-corrected chi connectivity index (χ3v) is 5.50. The van der Waals surface area contributed by atoms with Crippen molar-refractivity contribution < 1.29 is 9.53 Å². The normalized spacial score (nSPS) is 12.5. The summed E-state index contributed by atoms with van der Waals surface area (Å²) in [6, 6.07) is 20.5. The SMILES string of the molecule is Cn1c(-c2ccccn2)nn(CCNC(=O)C2c3ccccc3Oc3ccccc32)c1=O. The van der Waals surface area contributed by atoms with Gasteiger partial charge in [0.05, 0.1) is 12.5 Å². The van der Waals surface area contributed by atoms with Crippen LogP contribution in [0.3, 0.4) is 0 Å². The molecule has 1 amide bonds. The fourth-order valence-electron chi connectivity index (χ4n) is 3.93. The molecule has 0 fully saturated rings. The Labute approximate surface area is 184 Å². The van der Waals surface area contributed by atoms with E-state index in [0.29, 0.717) is 23.0 Å². The lowest BCUT2D eigenvalue weighted by atomic mass is 9.87. The van der Waals surface area contributed by atoms with Gasteiger partial charge in [0.25, 0.3) is 0 Å². The van der Waals surface area contributed by atoms with E-state index in [2.05, 4.69) is 15.4 Å². The molecule has 3 heterocycles. The molecule has 0 atom stereocenters. The zero-order chi connectivity index (χ0) is 22.1. The first-order valence-electron chi connectivity index (χ1n) is 10.3. The largest absolute Gasteiger partial charge is 0.457 e. The number of para-hydroxylation sites is 2. The van der Waals surface area contributed by atoms with E-state index in [4.69, 9.17) is 4.74 Å². The van der Waals surface area contributed by atoms with Gasteiger partial charge in [-0.25, -0.2) is 9.48 Å². The fourth-order valence-corrected chi connectivity index (χ4v) is 3.93. The molecule has 2 aromatic heterocycles. The lowest BCUT2D eigenvalue weighted by Crippen LogP contribution is -2.35. The smallest absolute Gasteiger partial charge is 0.346 e. The topological polar surface area (TPSA) is 91.0 Å². The number of fused-ring (bicyclic) bond motifs is 2. The van der Waals surface area contributed by atoms with Crippen molar-refractivity contribution in [1.29, 1.82) is 0 Å². The van der Waals surface area contributed by atoms with Crippen molar-refractivity contribution >= 4 is 5.91 Å². The lowest BCUT2D eigenvalue weighted by Gasteiger charge is -2.27. The average molecular weight is 427 g/mol. The molecule has 0 aliphatic carbocycles. The van der Waals surface area contributed by atoms with Gasteiger partial charge in [0, 0.05) is 30.9 Å². The van der Waals surface area contributed by atoms with Gasteiger partial charge < -0.3 is 10.1 Å². The van der Waals surface area contributed by atoms with Crippen LogP contribution in [0.5, 0.6) is 11.5 Å². The summed E-state index contributed by atoms with van der Waals surface area (Å²) in [5.74, 6) is 1.19. The van der Waals surface area contributed by atoms with E-state index in [1.165, 1.54) is 9.25 Å².